The highest BCUT2D eigenvalue weighted by Gasteiger charge is 2.18. The molecular weight excluding hydrogens is 466 g/mol. The zero-order valence-electron chi connectivity index (χ0n) is 21.2. The number of aromatic nitrogens is 4. The van der Waals surface area contributed by atoms with E-state index in [4.69, 9.17) is 19.1 Å². The van der Waals surface area contributed by atoms with Crippen LogP contribution in [0.4, 0.5) is 0 Å². The molecular formula is C25H33N5O6. The summed E-state index contributed by atoms with van der Waals surface area (Å²) in [6.07, 6.45) is -0.247. The lowest BCUT2D eigenvalue weighted by atomic mass is 10.0. The van der Waals surface area contributed by atoms with Crippen LogP contribution in [0.2, 0.25) is 0 Å². The van der Waals surface area contributed by atoms with Gasteiger partial charge in [0.2, 0.25) is 11.7 Å². The van der Waals surface area contributed by atoms with Crippen molar-refractivity contribution in [3.8, 4) is 34.7 Å². The fourth-order valence-electron chi connectivity index (χ4n) is 3.37. The summed E-state index contributed by atoms with van der Waals surface area (Å²) in [5, 5.41) is 25.4. The first kappa shape index (κ1) is 27.0. The lowest BCUT2D eigenvalue weighted by Crippen LogP contribution is -2.36. The topological polar surface area (TPSA) is 153 Å². The van der Waals surface area contributed by atoms with E-state index in [9.17, 15) is 9.90 Å². The largest absolute Gasteiger partial charge is 0.490 e. The number of amides is 1. The fourth-order valence-corrected chi connectivity index (χ4v) is 3.37. The van der Waals surface area contributed by atoms with Crippen LogP contribution < -0.4 is 14.8 Å². The van der Waals surface area contributed by atoms with E-state index in [1.54, 1.807) is 6.07 Å². The summed E-state index contributed by atoms with van der Waals surface area (Å²) in [7, 11) is 0. The first-order valence-corrected chi connectivity index (χ1v) is 11.8. The van der Waals surface area contributed by atoms with Crippen molar-refractivity contribution in [2.24, 2.45) is 5.92 Å². The van der Waals surface area contributed by atoms with Gasteiger partial charge in [-0.1, -0.05) is 25.9 Å². The molecule has 11 nitrogen and oxygen atoms in total. The number of benzene rings is 1. The molecule has 194 valence electrons. The van der Waals surface area contributed by atoms with Crippen LogP contribution in [-0.4, -0.2) is 68.7 Å². The third kappa shape index (κ3) is 7.22. The third-order valence-corrected chi connectivity index (χ3v) is 5.11. The zero-order chi connectivity index (χ0) is 26.2. The molecule has 0 aliphatic carbocycles. The van der Waals surface area contributed by atoms with Gasteiger partial charge >= 0.3 is 6.01 Å². The summed E-state index contributed by atoms with van der Waals surface area (Å²) in [6.45, 7) is 9.66. The highest BCUT2D eigenvalue weighted by Crippen LogP contribution is 2.31. The van der Waals surface area contributed by atoms with Crippen molar-refractivity contribution in [3.63, 3.8) is 0 Å². The van der Waals surface area contributed by atoms with E-state index in [0.29, 0.717) is 36.2 Å². The second kappa shape index (κ2) is 12.4. The van der Waals surface area contributed by atoms with Gasteiger partial charge in [0.05, 0.1) is 6.61 Å². The molecule has 11 heteroatoms. The minimum atomic E-state index is -0.922. The number of aryl methyl sites for hydroxylation is 3. The van der Waals surface area contributed by atoms with Gasteiger partial charge in [-0.2, -0.15) is 9.97 Å². The van der Waals surface area contributed by atoms with Crippen molar-refractivity contribution in [2.75, 3.05) is 26.4 Å². The molecule has 3 N–H and O–H groups in total. The van der Waals surface area contributed by atoms with Gasteiger partial charge in [-0.25, -0.2) is 4.98 Å². The minimum absolute atomic E-state index is 0.0144. The predicted octanol–water partition coefficient (Wildman–Crippen LogP) is 2.26. The Bertz CT molecular complexity index is 1180. The van der Waals surface area contributed by atoms with E-state index >= 15 is 0 Å². The van der Waals surface area contributed by atoms with Crippen LogP contribution in [0.1, 0.15) is 37.6 Å². The number of aliphatic hydroxyl groups is 2. The Kier molecular flexibility index (Phi) is 9.31. The lowest BCUT2D eigenvalue weighted by molar-refractivity contribution is -0.124. The lowest BCUT2D eigenvalue weighted by Gasteiger charge is -2.17. The first-order valence-electron chi connectivity index (χ1n) is 11.8. The highest BCUT2D eigenvalue weighted by molar-refractivity contribution is 5.76. The van der Waals surface area contributed by atoms with E-state index < -0.39 is 18.6 Å². The second-order valence-corrected chi connectivity index (χ2v) is 8.87. The number of carbonyl (C=O) groups excluding carboxylic acids is 1. The van der Waals surface area contributed by atoms with Crippen molar-refractivity contribution in [1.29, 1.82) is 0 Å². The molecule has 2 aromatic heterocycles. The standard InChI is InChI=1S/C25H33N5O6/c1-6-17-9-18(7-15(4)22(17)34-13-19(32)10-26-21(33)11-31)23-29-24(36-30-23)20-8-16(5)27-25(28-20)35-12-14(2)3/h7-9,14,19,31-32H,6,10-13H2,1-5H3,(H,26,33). The number of nitrogens with zero attached hydrogens (tertiary/aromatic N) is 4. The van der Waals surface area contributed by atoms with Gasteiger partial charge in [-0.15, -0.1) is 0 Å². The maximum atomic E-state index is 11.2. The molecule has 0 saturated carbocycles. The SMILES string of the molecule is CCc1cc(-c2noc(-c3cc(C)nc(OCC(C)C)n3)n2)cc(C)c1OCC(O)CNC(=O)CO. The normalized spacial score (nSPS) is 12.0. The summed E-state index contributed by atoms with van der Waals surface area (Å²) in [5.41, 5.74) is 3.70. The number of aliphatic hydroxyl groups excluding tert-OH is 2. The zero-order valence-corrected chi connectivity index (χ0v) is 21.2. The van der Waals surface area contributed by atoms with E-state index in [1.165, 1.54) is 0 Å². The van der Waals surface area contributed by atoms with Crippen molar-refractivity contribution in [1.82, 2.24) is 25.4 Å². The van der Waals surface area contributed by atoms with E-state index in [2.05, 4.69) is 25.4 Å². The molecule has 0 radical (unpaired) electrons. The molecule has 2 heterocycles. The quantitative estimate of drug-likeness (QED) is 0.338. The van der Waals surface area contributed by atoms with Gasteiger partial charge in [-0.3, -0.25) is 4.79 Å². The van der Waals surface area contributed by atoms with Crippen molar-refractivity contribution in [2.45, 2.75) is 47.1 Å². The summed E-state index contributed by atoms with van der Waals surface area (Å²) in [6, 6.07) is 5.82. The Hall–Kier alpha value is -3.57. The molecule has 36 heavy (non-hydrogen) atoms. The average molecular weight is 500 g/mol. The third-order valence-electron chi connectivity index (χ3n) is 5.11. The van der Waals surface area contributed by atoms with Crippen molar-refractivity contribution in [3.05, 3.63) is 35.0 Å². The van der Waals surface area contributed by atoms with Crippen LogP contribution >= 0.6 is 0 Å². The number of hydrogen-bond acceptors (Lipinski definition) is 10. The smallest absolute Gasteiger partial charge is 0.317 e. The molecule has 0 fully saturated rings. The molecule has 0 aliphatic rings. The van der Waals surface area contributed by atoms with Gasteiger partial charge in [0, 0.05) is 17.8 Å². The van der Waals surface area contributed by atoms with Crippen LogP contribution in [0.15, 0.2) is 22.7 Å². The maximum absolute atomic E-state index is 11.2. The fraction of sp³-hybridized carbons (Fsp3) is 0.480. The highest BCUT2D eigenvalue weighted by atomic mass is 16.5. The monoisotopic (exact) mass is 499 g/mol. The van der Waals surface area contributed by atoms with Crippen molar-refractivity contribution < 1.29 is 29.0 Å². The molecule has 0 saturated heterocycles. The van der Waals surface area contributed by atoms with Crippen LogP contribution in [0.3, 0.4) is 0 Å². The Morgan fingerprint density at radius 1 is 1.11 bits per heavy atom. The van der Waals surface area contributed by atoms with Gasteiger partial charge in [0.1, 0.15) is 30.8 Å². The Morgan fingerprint density at radius 3 is 2.58 bits per heavy atom. The average Bonchev–Trinajstić information content (AvgIpc) is 3.35. The van der Waals surface area contributed by atoms with Crippen LogP contribution in [0, 0.1) is 19.8 Å². The Morgan fingerprint density at radius 2 is 1.89 bits per heavy atom. The Balaban J connectivity index is 1.77. The van der Waals surface area contributed by atoms with E-state index in [-0.39, 0.29) is 25.1 Å². The van der Waals surface area contributed by atoms with Gasteiger partial charge in [0.15, 0.2) is 0 Å². The van der Waals surface area contributed by atoms with Crippen LogP contribution in [0.25, 0.3) is 23.0 Å². The number of hydrogen-bond donors (Lipinski definition) is 3. The van der Waals surface area contributed by atoms with Crippen LogP contribution in [-0.2, 0) is 11.2 Å². The number of ether oxygens (including phenoxy) is 2. The summed E-state index contributed by atoms with van der Waals surface area (Å²) >= 11 is 0. The molecule has 1 unspecified atom stereocenters. The Labute approximate surface area is 209 Å². The number of nitrogens with one attached hydrogen (secondary N) is 1. The van der Waals surface area contributed by atoms with E-state index in [1.807, 2.05) is 46.8 Å². The van der Waals surface area contributed by atoms with E-state index in [0.717, 1.165) is 22.4 Å². The minimum Gasteiger partial charge on any atom is -0.490 e. The molecule has 0 bridgehead atoms. The molecule has 1 amide bonds. The second-order valence-electron chi connectivity index (χ2n) is 8.87. The van der Waals surface area contributed by atoms with Crippen LogP contribution in [0.5, 0.6) is 11.8 Å². The number of rotatable bonds is 12. The molecule has 3 aromatic rings. The molecule has 0 aliphatic heterocycles. The molecule has 0 spiro atoms. The summed E-state index contributed by atoms with van der Waals surface area (Å²) in [5.74, 6) is 1.09. The summed E-state index contributed by atoms with van der Waals surface area (Å²) in [4.78, 5) is 24.4. The van der Waals surface area contributed by atoms with Crippen molar-refractivity contribution >= 4 is 5.91 Å². The predicted molar refractivity (Wildman–Crippen MR) is 132 cm³/mol. The summed E-state index contributed by atoms with van der Waals surface area (Å²) < 4.78 is 17.0. The van der Waals surface area contributed by atoms with Gasteiger partial charge in [-0.05, 0) is 55.5 Å². The number of carbonyl (C=O) groups is 1. The molecule has 1 atom stereocenters. The molecule has 1 aromatic carbocycles. The maximum Gasteiger partial charge on any atom is 0.317 e. The first-order chi connectivity index (χ1) is 17.2. The van der Waals surface area contributed by atoms with Gasteiger partial charge in [0.25, 0.3) is 5.89 Å². The van der Waals surface area contributed by atoms with Gasteiger partial charge < -0.3 is 29.5 Å². The molecule has 3 rings (SSSR count).